The van der Waals surface area contributed by atoms with Gasteiger partial charge < -0.3 is 28.7 Å². The number of ether oxygens (including phenoxy) is 1. The van der Waals surface area contributed by atoms with Crippen LogP contribution >= 0.6 is 0 Å². The second kappa shape index (κ2) is 23.1. The minimum Gasteiger partial charge on any atom is -1.00 e. The van der Waals surface area contributed by atoms with Crippen LogP contribution in [0.5, 0.6) is 5.75 Å². The summed E-state index contributed by atoms with van der Waals surface area (Å²) >= 11 is 0. The molecule has 2 aromatic rings. The fourth-order valence-electron chi connectivity index (χ4n) is 5.60. The Kier molecular flexibility index (Phi) is 21.2. The first-order chi connectivity index (χ1) is 19.5. The van der Waals surface area contributed by atoms with Crippen molar-refractivity contribution in [2.75, 3.05) is 20.6 Å². The molecule has 0 saturated carbocycles. The fraction of sp³-hybridized carbons (Fsp3) is 0.649. The first-order valence-corrected chi connectivity index (χ1v) is 16.7. The minimum atomic E-state index is 0. The van der Waals surface area contributed by atoms with Crippen molar-refractivity contribution in [2.24, 2.45) is 0 Å². The van der Waals surface area contributed by atoms with E-state index in [4.69, 9.17) is 4.74 Å². The van der Waals surface area contributed by atoms with Crippen LogP contribution in [0, 0.1) is 0 Å². The van der Waals surface area contributed by atoms with Gasteiger partial charge in [-0.1, -0.05) is 153 Å². The summed E-state index contributed by atoms with van der Waals surface area (Å²) in [5, 5.41) is 0. The average Bonchev–Trinajstić information content (AvgIpc) is 2.97. The first kappa shape index (κ1) is 37.6. The molecule has 1 unspecified atom stereocenters. The molecule has 3 nitrogen and oxygen atoms in total. The molecular formula is C37H60INO2. The lowest BCUT2D eigenvalue weighted by molar-refractivity contribution is -0.933. The molecule has 0 spiro atoms. The number of hydrogen-bond acceptors (Lipinski definition) is 2. The smallest absolute Gasteiger partial charge is 0.233 e. The van der Waals surface area contributed by atoms with Gasteiger partial charge in [0.25, 0.3) is 0 Å². The highest BCUT2D eigenvalue weighted by atomic mass is 127. The topological polar surface area (TPSA) is 26.3 Å². The molecule has 0 saturated heterocycles. The molecule has 0 amide bonds. The number of carbonyl (C=O) groups excluding carboxylic acids is 1. The molecule has 232 valence electrons. The van der Waals surface area contributed by atoms with E-state index in [0.717, 1.165) is 17.4 Å². The number of ketones is 1. The maximum absolute atomic E-state index is 13.3. The average molecular weight is 678 g/mol. The SMILES string of the molecule is CCCCCCCCCCCCCCCCCC(Oc1ccccc1C(=O)c1ccccc1)[N+](C)(C)CCCC.[I-]. The maximum atomic E-state index is 13.3. The Bertz CT molecular complexity index is 914. The predicted molar refractivity (Wildman–Crippen MR) is 172 cm³/mol. The van der Waals surface area contributed by atoms with Gasteiger partial charge >= 0.3 is 0 Å². The summed E-state index contributed by atoms with van der Waals surface area (Å²) in [4.78, 5) is 13.3. The molecule has 0 fully saturated rings. The molecule has 2 rings (SSSR count). The van der Waals surface area contributed by atoms with Gasteiger partial charge in [0.2, 0.25) is 6.23 Å². The van der Waals surface area contributed by atoms with Crippen LogP contribution in [0.4, 0.5) is 0 Å². The van der Waals surface area contributed by atoms with E-state index in [1.165, 1.54) is 109 Å². The molecule has 0 radical (unpaired) electrons. The zero-order valence-corrected chi connectivity index (χ0v) is 29.0. The third-order valence-electron chi connectivity index (χ3n) is 8.35. The van der Waals surface area contributed by atoms with Crippen LogP contribution in [0.2, 0.25) is 0 Å². The maximum Gasteiger partial charge on any atom is 0.233 e. The number of carbonyl (C=O) groups is 1. The lowest BCUT2D eigenvalue weighted by Crippen LogP contribution is -3.00. The van der Waals surface area contributed by atoms with Crippen LogP contribution in [-0.4, -0.2) is 37.1 Å². The van der Waals surface area contributed by atoms with Gasteiger partial charge in [0.1, 0.15) is 5.75 Å². The fourth-order valence-corrected chi connectivity index (χ4v) is 5.60. The minimum absolute atomic E-state index is 0. The van der Waals surface area contributed by atoms with Crippen LogP contribution in [0.1, 0.15) is 145 Å². The number of para-hydroxylation sites is 1. The quantitative estimate of drug-likeness (QED) is 0.0374. The summed E-state index contributed by atoms with van der Waals surface area (Å²) in [6, 6.07) is 17.3. The van der Waals surface area contributed by atoms with Crippen molar-refractivity contribution in [1.82, 2.24) is 0 Å². The molecule has 0 aromatic heterocycles. The molecule has 2 aromatic carbocycles. The van der Waals surface area contributed by atoms with Crippen molar-refractivity contribution in [2.45, 2.75) is 136 Å². The Morgan fingerprint density at radius 2 is 1.10 bits per heavy atom. The summed E-state index contributed by atoms with van der Waals surface area (Å²) in [6.45, 7) is 5.62. The number of benzene rings is 2. The predicted octanol–water partition coefficient (Wildman–Crippen LogP) is 7.76. The normalized spacial score (nSPS) is 12.1. The van der Waals surface area contributed by atoms with Gasteiger partial charge in [-0.25, -0.2) is 0 Å². The van der Waals surface area contributed by atoms with E-state index < -0.39 is 0 Å². The van der Waals surface area contributed by atoms with Crippen molar-refractivity contribution in [1.29, 1.82) is 0 Å². The Morgan fingerprint density at radius 1 is 0.634 bits per heavy atom. The van der Waals surface area contributed by atoms with E-state index in [0.29, 0.717) is 16.9 Å². The van der Waals surface area contributed by atoms with E-state index in [9.17, 15) is 4.79 Å². The van der Waals surface area contributed by atoms with Gasteiger partial charge in [0.05, 0.1) is 26.2 Å². The Morgan fingerprint density at radius 3 is 1.63 bits per heavy atom. The lowest BCUT2D eigenvalue weighted by atomic mass is 10.0. The van der Waals surface area contributed by atoms with E-state index in [1.807, 2.05) is 54.6 Å². The largest absolute Gasteiger partial charge is 1.00 e. The zero-order valence-electron chi connectivity index (χ0n) is 26.9. The van der Waals surface area contributed by atoms with E-state index in [2.05, 4.69) is 27.9 Å². The van der Waals surface area contributed by atoms with Gasteiger partial charge in [-0.05, 0) is 25.0 Å². The molecule has 0 aliphatic carbocycles. The second-order valence-corrected chi connectivity index (χ2v) is 12.4. The number of rotatable bonds is 24. The monoisotopic (exact) mass is 677 g/mol. The Hall–Kier alpha value is -1.40. The van der Waals surface area contributed by atoms with Gasteiger partial charge in [0, 0.05) is 12.0 Å². The number of nitrogens with zero attached hydrogens (tertiary/aromatic N) is 1. The van der Waals surface area contributed by atoms with Crippen molar-refractivity contribution in [3.05, 3.63) is 65.7 Å². The molecular weight excluding hydrogens is 617 g/mol. The molecule has 0 N–H and O–H groups in total. The molecule has 0 aliphatic rings. The van der Waals surface area contributed by atoms with Crippen molar-refractivity contribution < 1.29 is 38.0 Å². The molecule has 41 heavy (non-hydrogen) atoms. The molecule has 0 bridgehead atoms. The third kappa shape index (κ3) is 15.6. The summed E-state index contributed by atoms with van der Waals surface area (Å²) in [5.74, 6) is 0.741. The van der Waals surface area contributed by atoms with Crippen LogP contribution in [0.3, 0.4) is 0 Å². The van der Waals surface area contributed by atoms with Crippen LogP contribution in [0.15, 0.2) is 54.6 Å². The summed E-state index contributed by atoms with van der Waals surface area (Å²) in [5.41, 5.74) is 1.36. The number of unbranched alkanes of at least 4 members (excludes halogenated alkanes) is 15. The van der Waals surface area contributed by atoms with Crippen molar-refractivity contribution in [3.63, 3.8) is 0 Å². The molecule has 4 heteroatoms. The number of hydrogen-bond donors (Lipinski definition) is 0. The van der Waals surface area contributed by atoms with Crippen LogP contribution in [-0.2, 0) is 0 Å². The van der Waals surface area contributed by atoms with E-state index in [1.54, 1.807) is 0 Å². The van der Waals surface area contributed by atoms with Crippen LogP contribution in [0.25, 0.3) is 0 Å². The van der Waals surface area contributed by atoms with Crippen molar-refractivity contribution in [3.8, 4) is 5.75 Å². The number of quaternary nitrogens is 1. The Balaban J connectivity index is 0.00000840. The second-order valence-electron chi connectivity index (χ2n) is 12.4. The Labute approximate surface area is 270 Å². The van der Waals surface area contributed by atoms with E-state index in [-0.39, 0.29) is 36.0 Å². The molecule has 0 heterocycles. The summed E-state index contributed by atoms with van der Waals surface area (Å²) < 4.78 is 7.54. The molecule has 0 aliphatic heterocycles. The summed E-state index contributed by atoms with van der Waals surface area (Å²) in [6.07, 6.45) is 24.0. The zero-order chi connectivity index (χ0) is 28.9. The van der Waals surface area contributed by atoms with Crippen molar-refractivity contribution >= 4 is 5.78 Å². The van der Waals surface area contributed by atoms with Gasteiger partial charge in [-0.2, -0.15) is 0 Å². The van der Waals surface area contributed by atoms with Gasteiger partial charge in [-0.3, -0.25) is 9.28 Å². The number of halogens is 1. The standard InChI is InChI=1S/C37H60NO2.HI/c1-5-7-9-10-11-12-13-14-15-16-17-18-19-20-24-31-36(38(3,4)32-8-6-2)40-35-30-26-25-29-34(35)37(39)33-27-22-21-23-28-33;/h21-23,25-30,36H,5-20,24,31-32H2,1-4H3;1H/q+1;/p-1. The summed E-state index contributed by atoms with van der Waals surface area (Å²) in [7, 11) is 4.57. The lowest BCUT2D eigenvalue weighted by Gasteiger charge is -2.38. The highest BCUT2D eigenvalue weighted by Gasteiger charge is 2.30. The van der Waals surface area contributed by atoms with Gasteiger partial charge in [0.15, 0.2) is 5.78 Å². The highest BCUT2D eigenvalue weighted by Crippen LogP contribution is 2.27. The third-order valence-corrected chi connectivity index (χ3v) is 8.35. The first-order valence-electron chi connectivity index (χ1n) is 16.7. The van der Waals surface area contributed by atoms with E-state index >= 15 is 0 Å². The highest BCUT2D eigenvalue weighted by molar-refractivity contribution is 6.10. The van der Waals surface area contributed by atoms with Gasteiger partial charge in [-0.15, -0.1) is 0 Å². The van der Waals surface area contributed by atoms with Crippen LogP contribution < -0.4 is 28.7 Å². The molecule has 1 atom stereocenters.